The van der Waals surface area contributed by atoms with Crippen molar-refractivity contribution in [3.63, 3.8) is 0 Å². The highest BCUT2D eigenvalue weighted by Crippen LogP contribution is 2.28. The Balaban J connectivity index is 1.49. The smallest absolute Gasteiger partial charge is 0.152 e. The second kappa shape index (κ2) is 8.25. The maximum Gasteiger partial charge on any atom is 0.152 e. The zero-order chi connectivity index (χ0) is 18.6. The van der Waals surface area contributed by atoms with Crippen molar-refractivity contribution in [2.45, 2.75) is 19.8 Å². The van der Waals surface area contributed by atoms with E-state index in [1.165, 1.54) is 0 Å². The van der Waals surface area contributed by atoms with Gasteiger partial charge in [0.25, 0.3) is 0 Å². The summed E-state index contributed by atoms with van der Waals surface area (Å²) in [4.78, 5) is 24.7. The zero-order valence-corrected chi connectivity index (χ0v) is 16.3. The van der Waals surface area contributed by atoms with Gasteiger partial charge >= 0.3 is 0 Å². The number of rotatable bonds is 5. The highest BCUT2D eigenvalue weighted by molar-refractivity contribution is 7.15. The van der Waals surface area contributed by atoms with Crippen molar-refractivity contribution in [3.05, 3.63) is 47.4 Å². The summed E-state index contributed by atoms with van der Waals surface area (Å²) < 4.78 is 5.45. The van der Waals surface area contributed by atoms with Crippen LogP contribution in [-0.4, -0.2) is 53.5 Å². The van der Waals surface area contributed by atoms with Crippen LogP contribution in [0, 0.1) is 6.92 Å². The van der Waals surface area contributed by atoms with Crippen molar-refractivity contribution >= 4 is 27.9 Å². The molecule has 0 unspecified atom stereocenters. The molecule has 4 rings (SSSR count). The molecule has 140 valence electrons. The zero-order valence-electron chi connectivity index (χ0n) is 15.5. The molecule has 2 aromatic heterocycles. The van der Waals surface area contributed by atoms with Crippen molar-refractivity contribution < 1.29 is 9.53 Å². The number of hydrogen-bond acceptors (Lipinski definition) is 6. The molecule has 0 amide bonds. The number of aryl methyl sites for hydroxylation is 1. The first kappa shape index (κ1) is 18.2. The SMILES string of the molecule is Cc1ncc(-c2ccc3cnc(CC(=O)CN4CCCOCC4)cc3c2)s1. The lowest BCUT2D eigenvalue weighted by Crippen LogP contribution is -2.32. The fourth-order valence-electron chi connectivity index (χ4n) is 3.39. The minimum Gasteiger partial charge on any atom is -0.380 e. The number of benzene rings is 1. The van der Waals surface area contributed by atoms with E-state index in [9.17, 15) is 4.79 Å². The van der Waals surface area contributed by atoms with Crippen LogP contribution in [0.3, 0.4) is 0 Å². The molecule has 5 nitrogen and oxygen atoms in total. The van der Waals surface area contributed by atoms with Gasteiger partial charge in [-0.05, 0) is 36.4 Å². The van der Waals surface area contributed by atoms with E-state index in [1.807, 2.05) is 25.4 Å². The third-order valence-electron chi connectivity index (χ3n) is 4.78. The Kier molecular flexibility index (Phi) is 5.57. The number of Topliss-reactive ketones (excluding diaryl/α,β-unsaturated/α-hetero) is 1. The molecule has 1 aliphatic rings. The number of thiazole rings is 1. The van der Waals surface area contributed by atoms with Crippen LogP contribution < -0.4 is 0 Å². The molecule has 3 aromatic rings. The van der Waals surface area contributed by atoms with E-state index in [2.05, 4.69) is 33.1 Å². The minimum atomic E-state index is 0.206. The van der Waals surface area contributed by atoms with Crippen LogP contribution in [0.25, 0.3) is 21.2 Å². The van der Waals surface area contributed by atoms with E-state index in [0.29, 0.717) is 19.6 Å². The molecule has 1 saturated heterocycles. The third kappa shape index (κ3) is 4.58. The van der Waals surface area contributed by atoms with Crippen molar-refractivity contribution in [2.75, 3.05) is 32.8 Å². The van der Waals surface area contributed by atoms with Gasteiger partial charge in [-0.2, -0.15) is 0 Å². The van der Waals surface area contributed by atoms with Gasteiger partial charge in [0.1, 0.15) is 0 Å². The number of carbonyl (C=O) groups is 1. The molecule has 0 saturated carbocycles. The van der Waals surface area contributed by atoms with Gasteiger partial charge in [-0.15, -0.1) is 11.3 Å². The van der Waals surface area contributed by atoms with Gasteiger partial charge in [-0.1, -0.05) is 12.1 Å². The molecule has 0 aliphatic carbocycles. The van der Waals surface area contributed by atoms with Gasteiger partial charge < -0.3 is 4.74 Å². The van der Waals surface area contributed by atoms with Crippen LogP contribution in [-0.2, 0) is 16.0 Å². The van der Waals surface area contributed by atoms with E-state index in [-0.39, 0.29) is 5.78 Å². The number of hydrogen-bond donors (Lipinski definition) is 0. The fourth-order valence-corrected chi connectivity index (χ4v) is 4.17. The van der Waals surface area contributed by atoms with Crippen LogP contribution in [0.4, 0.5) is 0 Å². The molecule has 1 fully saturated rings. The summed E-state index contributed by atoms with van der Waals surface area (Å²) in [6.07, 6.45) is 5.13. The average molecular weight is 382 g/mol. The Hall–Kier alpha value is -2.15. The molecule has 0 bridgehead atoms. The highest BCUT2D eigenvalue weighted by atomic mass is 32.1. The van der Waals surface area contributed by atoms with Crippen molar-refractivity contribution in [1.29, 1.82) is 0 Å². The van der Waals surface area contributed by atoms with Crippen LogP contribution >= 0.6 is 11.3 Å². The molecular weight excluding hydrogens is 358 g/mol. The summed E-state index contributed by atoms with van der Waals surface area (Å²) in [6, 6.07) is 8.37. The van der Waals surface area contributed by atoms with Gasteiger partial charge in [0.15, 0.2) is 5.78 Å². The third-order valence-corrected chi connectivity index (χ3v) is 5.74. The van der Waals surface area contributed by atoms with Gasteiger partial charge in [-0.25, -0.2) is 4.98 Å². The number of carbonyl (C=O) groups excluding carboxylic acids is 1. The first-order chi connectivity index (χ1) is 13.2. The Morgan fingerprint density at radius 1 is 1.15 bits per heavy atom. The summed E-state index contributed by atoms with van der Waals surface area (Å²) in [5.41, 5.74) is 1.98. The quantitative estimate of drug-likeness (QED) is 0.677. The monoisotopic (exact) mass is 381 g/mol. The molecule has 6 heteroatoms. The molecule has 3 heterocycles. The number of ketones is 1. The summed E-state index contributed by atoms with van der Waals surface area (Å²) in [6.45, 7) is 5.74. The molecule has 0 spiro atoms. The molecule has 1 aromatic carbocycles. The summed E-state index contributed by atoms with van der Waals surface area (Å²) >= 11 is 1.69. The van der Waals surface area contributed by atoms with Crippen LogP contribution in [0.2, 0.25) is 0 Å². The van der Waals surface area contributed by atoms with Gasteiger partial charge in [0.05, 0.1) is 29.5 Å². The first-order valence-electron chi connectivity index (χ1n) is 9.31. The Morgan fingerprint density at radius 3 is 2.93 bits per heavy atom. The van der Waals surface area contributed by atoms with E-state index in [1.54, 1.807) is 11.3 Å². The molecule has 0 radical (unpaired) electrons. The number of nitrogens with zero attached hydrogens (tertiary/aromatic N) is 3. The molecular formula is C21H23N3O2S. The number of aromatic nitrogens is 2. The number of pyridine rings is 1. The normalized spacial score (nSPS) is 15.7. The fraction of sp³-hybridized carbons (Fsp3) is 0.381. The first-order valence-corrected chi connectivity index (χ1v) is 10.1. The van der Waals surface area contributed by atoms with Crippen LogP contribution in [0.15, 0.2) is 36.7 Å². The number of ether oxygens (including phenoxy) is 1. The lowest BCUT2D eigenvalue weighted by molar-refractivity contribution is -0.119. The lowest BCUT2D eigenvalue weighted by Gasteiger charge is -2.17. The van der Waals surface area contributed by atoms with E-state index in [0.717, 1.165) is 58.0 Å². The second-order valence-corrected chi connectivity index (χ2v) is 8.17. The van der Waals surface area contributed by atoms with E-state index >= 15 is 0 Å². The Labute approximate surface area is 163 Å². The standard InChI is InChI=1S/C21H23N3O2S/c1-15-22-13-21(27-15)16-3-4-17-12-23-19(10-18(17)9-16)11-20(25)14-24-5-2-7-26-8-6-24/h3-4,9-10,12-13H,2,5-8,11,14H2,1H3. The predicted octanol–water partition coefficient (Wildman–Crippen LogP) is 3.50. The minimum absolute atomic E-state index is 0.206. The maximum absolute atomic E-state index is 12.5. The van der Waals surface area contributed by atoms with Gasteiger partial charge in [-0.3, -0.25) is 14.7 Å². The summed E-state index contributed by atoms with van der Waals surface area (Å²) in [5.74, 6) is 0.206. The van der Waals surface area contributed by atoms with Crippen LogP contribution in [0.1, 0.15) is 17.1 Å². The maximum atomic E-state index is 12.5. The van der Waals surface area contributed by atoms with Gasteiger partial charge in [0, 0.05) is 43.2 Å². The van der Waals surface area contributed by atoms with Crippen molar-refractivity contribution in [1.82, 2.24) is 14.9 Å². The van der Waals surface area contributed by atoms with E-state index < -0.39 is 0 Å². The topological polar surface area (TPSA) is 55.3 Å². The Bertz CT molecular complexity index is 946. The Morgan fingerprint density at radius 2 is 2.07 bits per heavy atom. The summed E-state index contributed by atoms with van der Waals surface area (Å²) in [7, 11) is 0. The summed E-state index contributed by atoms with van der Waals surface area (Å²) in [5, 5.41) is 3.26. The van der Waals surface area contributed by atoms with E-state index in [4.69, 9.17) is 4.74 Å². The molecule has 27 heavy (non-hydrogen) atoms. The lowest BCUT2D eigenvalue weighted by atomic mass is 10.1. The highest BCUT2D eigenvalue weighted by Gasteiger charge is 2.14. The largest absolute Gasteiger partial charge is 0.380 e. The molecule has 1 aliphatic heterocycles. The number of fused-ring (bicyclic) bond motifs is 1. The average Bonchev–Trinajstić information content (AvgIpc) is 2.93. The van der Waals surface area contributed by atoms with Crippen molar-refractivity contribution in [3.8, 4) is 10.4 Å². The molecule has 0 atom stereocenters. The van der Waals surface area contributed by atoms with Gasteiger partial charge in [0.2, 0.25) is 0 Å². The van der Waals surface area contributed by atoms with Crippen molar-refractivity contribution in [2.24, 2.45) is 0 Å². The molecule has 0 N–H and O–H groups in total. The predicted molar refractivity (Wildman–Crippen MR) is 108 cm³/mol. The van der Waals surface area contributed by atoms with Crippen LogP contribution in [0.5, 0.6) is 0 Å². The second-order valence-electron chi connectivity index (χ2n) is 6.94.